The lowest BCUT2D eigenvalue weighted by Crippen LogP contribution is -2.49. The number of carbonyl (C=O) groups excluding carboxylic acids is 1. The molecule has 0 bridgehead atoms. The van der Waals surface area contributed by atoms with Gasteiger partial charge in [-0.1, -0.05) is 35.6 Å². The monoisotopic (exact) mass is 395 g/mol. The quantitative estimate of drug-likeness (QED) is 0.674. The number of aromatic nitrogens is 1. The molecule has 1 aromatic heterocycles. The number of carbonyl (C=O) groups is 1. The molecule has 5 nitrogen and oxygen atoms in total. The third-order valence-electron chi connectivity index (χ3n) is 5.32. The summed E-state index contributed by atoms with van der Waals surface area (Å²) >= 11 is 1.76. The molecule has 28 heavy (non-hydrogen) atoms. The molecule has 0 unspecified atom stereocenters. The van der Waals surface area contributed by atoms with Crippen molar-refractivity contribution >= 4 is 32.6 Å². The third kappa shape index (κ3) is 3.69. The Morgan fingerprint density at radius 2 is 1.86 bits per heavy atom. The molecule has 0 N–H and O–H groups in total. The predicted molar refractivity (Wildman–Crippen MR) is 115 cm³/mol. The summed E-state index contributed by atoms with van der Waals surface area (Å²) < 4.78 is 6.52. The van der Waals surface area contributed by atoms with E-state index >= 15 is 0 Å². The van der Waals surface area contributed by atoms with Gasteiger partial charge in [0.05, 0.1) is 23.7 Å². The second kappa shape index (κ2) is 7.80. The largest absolute Gasteiger partial charge is 0.497 e. The van der Waals surface area contributed by atoms with Crippen molar-refractivity contribution in [3.8, 4) is 5.75 Å². The Kier molecular flexibility index (Phi) is 5.22. The van der Waals surface area contributed by atoms with Crippen LogP contribution in [0.25, 0.3) is 10.2 Å². The van der Waals surface area contributed by atoms with Crippen LogP contribution in [0.15, 0.2) is 36.4 Å². The highest BCUT2D eigenvalue weighted by Gasteiger charge is 2.23. The number of hydrogen-bond donors (Lipinski definition) is 0. The molecule has 4 rings (SSSR count). The van der Waals surface area contributed by atoms with Crippen molar-refractivity contribution in [1.82, 2.24) is 9.88 Å². The lowest BCUT2D eigenvalue weighted by atomic mass is 10.1. The van der Waals surface area contributed by atoms with Crippen molar-refractivity contribution in [2.45, 2.75) is 20.3 Å². The number of thiazole rings is 1. The molecule has 3 aromatic rings. The first-order valence-corrected chi connectivity index (χ1v) is 10.4. The third-order valence-corrected chi connectivity index (χ3v) is 6.57. The van der Waals surface area contributed by atoms with Crippen molar-refractivity contribution in [2.75, 3.05) is 38.2 Å². The maximum Gasteiger partial charge on any atom is 0.227 e. The number of hydrogen-bond acceptors (Lipinski definition) is 5. The zero-order valence-electron chi connectivity index (χ0n) is 16.6. The molecule has 1 saturated heterocycles. The van der Waals surface area contributed by atoms with Crippen LogP contribution in [0.5, 0.6) is 5.75 Å². The molecule has 146 valence electrons. The van der Waals surface area contributed by atoms with Crippen LogP contribution in [-0.4, -0.2) is 49.1 Å². The van der Waals surface area contributed by atoms with E-state index in [-0.39, 0.29) is 5.91 Å². The van der Waals surface area contributed by atoms with Crippen LogP contribution in [-0.2, 0) is 11.2 Å². The van der Waals surface area contributed by atoms with Crippen LogP contribution in [0.4, 0.5) is 5.13 Å². The van der Waals surface area contributed by atoms with Crippen LogP contribution in [0.3, 0.4) is 0 Å². The number of piperazine rings is 1. The maximum atomic E-state index is 12.7. The molecule has 0 radical (unpaired) electrons. The molecule has 6 heteroatoms. The van der Waals surface area contributed by atoms with Gasteiger partial charge in [0.1, 0.15) is 5.75 Å². The molecule has 1 aliphatic rings. The second-order valence-corrected chi connectivity index (χ2v) is 8.25. The fraction of sp³-hybridized carbons (Fsp3) is 0.364. The van der Waals surface area contributed by atoms with E-state index in [1.807, 2.05) is 29.2 Å². The van der Waals surface area contributed by atoms with Gasteiger partial charge in [0.25, 0.3) is 0 Å². The molecule has 1 amide bonds. The highest BCUT2D eigenvalue weighted by atomic mass is 32.1. The van der Waals surface area contributed by atoms with Crippen molar-refractivity contribution in [3.05, 3.63) is 53.1 Å². The summed E-state index contributed by atoms with van der Waals surface area (Å²) in [5.74, 6) is 0.959. The molecule has 0 saturated carbocycles. The van der Waals surface area contributed by atoms with E-state index in [1.165, 1.54) is 15.8 Å². The van der Waals surface area contributed by atoms with Gasteiger partial charge in [0, 0.05) is 26.2 Å². The number of fused-ring (bicyclic) bond motifs is 1. The number of anilines is 1. The molecule has 2 heterocycles. The van der Waals surface area contributed by atoms with Gasteiger partial charge in [-0.3, -0.25) is 4.79 Å². The first-order valence-electron chi connectivity index (χ1n) is 9.57. The van der Waals surface area contributed by atoms with Crippen LogP contribution < -0.4 is 9.64 Å². The van der Waals surface area contributed by atoms with Gasteiger partial charge in [-0.25, -0.2) is 4.98 Å². The minimum Gasteiger partial charge on any atom is -0.497 e. The van der Waals surface area contributed by atoms with Gasteiger partial charge in [-0.15, -0.1) is 0 Å². The topological polar surface area (TPSA) is 45.7 Å². The SMILES string of the molecule is COc1cccc(CC(=O)N2CCN(c3nc4c(C)ccc(C)c4s3)CC2)c1. The Labute approximate surface area is 169 Å². The standard InChI is InChI=1S/C22H25N3O2S/c1-15-7-8-16(2)21-20(15)23-22(28-21)25-11-9-24(10-12-25)19(26)14-17-5-4-6-18(13-17)27-3/h4-8,13H,9-12,14H2,1-3H3. The minimum atomic E-state index is 0.170. The summed E-state index contributed by atoms with van der Waals surface area (Å²) in [6, 6.07) is 12.0. The van der Waals surface area contributed by atoms with Crippen molar-refractivity contribution in [3.63, 3.8) is 0 Å². The van der Waals surface area contributed by atoms with E-state index in [9.17, 15) is 4.79 Å². The van der Waals surface area contributed by atoms with Gasteiger partial charge in [-0.2, -0.15) is 0 Å². The zero-order valence-corrected chi connectivity index (χ0v) is 17.4. The fourth-order valence-corrected chi connectivity index (χ4v) is 4.76. The fourth-order valence-electron chi connectivity index (χ4n) is 3.60. The summed E-state index contributed by atoms with van der Waals surface area (Å²) in [6.45, 7) is 7.36. The van der Waals surface area contributed by atoms with E-state index in [0.717, 1.165) is 48.1 Å². The zero-order chi connectivity index (χ0) is 19.7. The van der Waals surface area contributed by atoms with E-state index < -0.39 is 0 Å². The second-order valence-electron chi connectivity index (χ2n) is 7.27. The van der Waals surface area contributed by atoms with Gasteiger partial charge in [0.2, 0.25) is 5.91 Å². The molecule has 0 atom stereocenters. The number of amides is 1. The first-order chi connectivity index (χ1) is 13.5. The van der Waals surface area contributed by atoms with E-state index in [0.29, 0.717) is 6.42 Å². The molecular weight excluding hydrogens is 370 g/mol. The number of ether oxygens (including phenoxy) is 1. The minimum absolute atomic E-state index is 0.170. The normalized spacial score (nSPS) is 14.5. The number of benzene rings is 2. The smallest absolute Gasteiger partial charge is 0.227 e. The Bertz CT molecular complexity index is 967. The van der Waals surface area contributed by atoms with E-state index in [4.69, 9.17) is 9.72 Å². The number of aryl methyl sites for hydroxylation is 2. The summed E-state index contributed by atoms with van der Waals surface area (Å²) in [7, 11) is 1.64. The molecule has 1 fully saturated rings. The van der Waals surface area contributed by atoms with Gasteiger partial charge >= 0.3 is 0 Å². The average Bonchev–Trinajstić information content (AvgIpc) is 3.18. The summed E-state index contributed by atoms with van der Waals surface area (Å²) in [5.41, 5.74) is 4.59. The van der Waals surface area contributed by atoms with Crippen LogP contribution >= 0.6 is 11.3 Å². The number of methoxy groups -OCH3 is 1. The molecule has 0 spiro atoms. The first kappa shape index (κ1) is 18.7. The number of nitrogens with zero attached hydrogens (tertiary/aromatic N) is 3. The van der Waals surface area contributed by atoms with Crippen LogP contribution in [0, 0.1) is 13.8 Å². The molecule has 1 aliphatic heterocycles. The predicted octanol–water partition coefficient (Wildman–Crippen LogP) is 3.81. The summed E-state index contributed by atoms with van der Waals surface area (Å²) in [5, 5.41) is 1.06. The molecule has 0 aliphatic carbocycles. The van der Waals surface area contributed by atoms with Crippen LogP contribution in [0.1, 0.15) is 16.7 Å². The number of rotatable bonds is 4. The van der Waals surface area contributed by atoms with Crippen molar-refractivity contribution < 1.29 is 9.53 Å². The van der Waals surface area contributed by atoms with Gasteiger partial charge in [-0.05, 0) is 42.7 Å². The van der Waals surface area contributed by atoms with Gasteiger partial charge < -0.3 is 14.5 Å². The Hall–Kier alpha value is -2.60. The van der Waals surface area contributed by atoms with E-state index in [1.54, 1.807) is 18.4 Å². The maximum absolute atomic E-state index is 12.7. The Morgan fingerprint density at radius 1 is 1.11 bits per heavy atom. The van der Waals surface area contributed by atoms with Crippen LogP contribution in [0.2, 0.25) is 0 Å². The Morgan fingerprint density at radius 3 is 2.57 bits per heavy atom. The van der Waals surface area contributed by atoms with E-state index in [2.05, 4.69) is 30.9 Å². The molecular formula is C22H25N3O2S. The highest BCUT2D eigenvalue weighted by molar-refractivity contribution is 7.22. The Balaban J connectivity index is 1.41. The average molecular weight is 396 g/mol. The van der Waals surface area contributed by atoms with Gasteiger partial charge in [0.15, 0.2) is 5.13 Å². The van der Waals surface area contributed by atoms with Crippen molar-refractivity contribution in [2.24, 2.45) is 0 Å². The lowest BCUT2D eigenvalue weighted by molar-refractivity contribution is -0.130. The van der Waals surface area contributed by atoms with Crippen molar-refractivity contribution in [1.29, 1.82) is 0 Å². The highest BCUT2D eigenvalue weighted by Crippen LogP contribution is 2.33. The summed E-state index contributed by atoms with van der Waals surface area (Å²) in [6.07, 6.45) is 0.413. The lowest BCUT2D eigenvalue weighted by Gasteiger charge is -2.34. The summed E-state index contributed by atoms with van der Waals surface area (Å²) in [4.78, 5) is 21.8. The molecule has 2 aromatic carbocycles.